The molecule has 1 aromatic carbocycles. The first-order valence-electron chi connectivity index (χ1n) is 12.7. The minimum atomic E-state index is -0.843. The molecule has 0 spiro atoms. The van der Waals surface area contributed by atoms with Gasteiger partial charge in [0.1, 0.15) is 17.7 Å². The van der Waals surface area contributed by atoms with Crippen LogP contribution in [0.3, 0.4) is 0 Å². The molecule has 35 heavy (non-hydrogen) atoms. The Labute approximate surface area is 212 Å². The van der Waals surface area contributed by atoms with E-state index in [9.17, 15) is 14.4 Å². The molecule has 0 bridgehead atoms. The average Bonchev–Trinajstić information content (AvgIpc) is 2.72. The standard InChI is InChI=1S/C28H47N3O4/c1-12-19(4)22(29-26(34)35-28(9,10)11)25(33)31(20(5)13-2)23(24(32)30-27(6,7)8)21-16-14-18(3)15-17-21/h14-17,19-20,22-23H,12-13H2,1-11H3,(H,29,34)(H,30,32). The van der Waals surface area contributed by atoms with Crippen molar-refractivity contribution < 1.29 is 19.1 Å². The summed E-state index contributed by atoms with van der Waals surface area (Å²) in [6.07, 6.45) is 0.673. The number of carbonyl (C=O) groups excluding carboxylic acids is 3. The first-order chi connectivity index (χ1) is 16.0. The second kappa shape index (κ2) is 12.4. The zero-order valence-corrected chi connectivity index (χ0v) is 23.6. The summed E-state index contributed by atoms with van der Waals surface area (Å²) in [6.45, 7) is 20.9. The Balaban J connectivity index is 3.57. The summed E-state index contributed by atoms with van der Waals surface area (Å²) < 4.78 is 5.45. The lowest BCUT2D eigenvalue weighted by Gasteiger charge is -2.40. The van der Waals surface area contributed by atoms with E-state index in [0.29, 0.717) is 12.8 Å². The second-order valence-electron chi connectivity index (χ2n) is 11.6. The summed E-state index contributed by atoms with van der Waals surface area (Å²) in [5, 5.41) is 5.86. The number of carbonyl (C=O) groups is 3. The normalized spacial score (nSPS) is 15.4. The molecule has 0 aromatic heterocycles. The van der Waals surface area contributed by atoms with Crippen molar-refractivity contribution in [2.75, 3.05) is 0 Å². The highest BCUT2D eigenvalue weighted by Crippen LogP contribution is 2.28. The van der Waals surface area contributed by atoms with Gasteiger partial charge in [0, 0.05) is 11.6 Å². The summed E-state index contributed by atoms with van der Waals surface area (Å²) >= 11 is 0. The van der Waals surface area contributed by atoms with Gasteiger partial charge in [-0.15, -0.1) is 0 Å². The quantitative estimate of drug-likeness (QED) is 0.478. The zero-order chi connectivity index (χ0) is 27.1. The minimum absolute atomic E-state index is 0.161. The minimum Gasteiger partial charge on any atom is -0.444 e. The van der Waals surface area contributed by atoms with Gasteiger partial charge in [0.15, 0.2) is 0 Å². The molecule has 0 heterocycles. The predicted molar refractivity (Wildman–Crippen MR) is 141 cm³/mol. The Morgan fingerprint density at radius 2 is 1.49 bits per heavy atom. The van der Waals surface area contributed by atoms with Crippen LogP contribution in [-0.4, -0.2) is 46.0 Å². The number of rotatable bonds is 9. The molecule has 7 heteroatoms. The van der Waals surface area contributed by atoms with Crippen LogP contribution in [0, 0.1) is 12.8 Å². The zero-order valence-electron chi connectivity index (χ0n) is 23.6. The lowest BCUT2D eigenvalue weighted by atomic mass is 9.93. The van der Waals surface area contributed by atoms with E-state index in [-0.39, 0.29) is 23.8 Å². The molecule has 0 aliphatic heterocycles. The number of hydrogen-bond donors (Lipinski definition) is 2. The van der Waals surface area contributed by atoms with Crippen LogP contribution in [0.2, 0.25) is 0 Å². The maximum absolute atomic E-state index is 14.2. The Morgan fingerprint density at radius 1 is 0.943 bits per heavy atom. The highest BCUT2D eigenvalue weighted by atomic mass is 16.6. The first kappa shape index (κ1) is 30.5. The van der Waals surface area contributed by atoms with Crippen molar-refractivity contribution in [3.63, 3.8) is 0 Å². The number of aryl methyl sites for hydroxylation is 1. The van der Waals surface area contributed by atoms with E-state index in [1.165, 1.54) is 0 Å². The van der Waals surface area contributed by atoms with Gasteiger partial charge in [0.25, 0.3) is 0 Å². The molecule has 2 N–H and O–H groups in total. The second-order valence-corrected chi connectivity index (χ2v) is 11.6. The largest absolute Gasteiger partial charge is 0.444 e. The van der Waals surface area contributed by atoms with Gasteiger partial charge in [-0.2, -0.15) is 0 Å². The maximum Gasteiger partial charge on any atom is 0.408 e. The van der Waals surface area contributed by atoms with Gasteiger partial charge >= 0.3 is 6.09 Å². The third-order valence-corrected chi connectivity index (χ3v) is 5.89. The fourth-order valence-electron chi connectivity index (χ4n) is 3.70. The summed E-state index contributed by atoms with van der Waals surface area (Å²) in [7, 11) is 0. The summed E-state index contributed by atoms with van der Waals surface area (Å²) in [4.78, 5) is 42.1. The van der Waals surface area contributed by atoms with Gasteiger partial charge in [-0.3, -0.25) is 9.59 Å². The molecule has 3 amide bonds. The van der Waals surface area contributed by atoms with Crippen molar-refractivity contribution in [3.8, 4) is 0 Å². The van der Waals surface area contributed by atoms with E-state index in [4.69, 9.17) is 4.74 Å². The van der Waals surface area contributed by atoms with Crippen molar-refractivity contribution in [1.82, 2.24) is 15.5 Å². The average molecular weight is 490 g/mol. The molecule has 0 saturated heterocycles. The smallest absolute Gasteiger partial charge is 0.408 e. The molecule has 0 aliphatic rings. The van der Waals surface area contributed by atoms with Gasteiger partial charge in [-0.1, -0.05) is 57.0 Å². The summed E-state index contributed by atoms with van der Waals surface area (Å²) in [6, 6.07) is 5.75. The molecule has 0 aliphatic carbocycles. The molecule has 0 fully saturated rings. The summed E-state index contributed by atoms with van der Waals surface area (Å²) in [5.74, 6) is -0.713. The van der Waals surface area contributed by atoms with Crippen molar-refractivity contribution in [3.05, 3.63) is 35.4 Å². The molecule has 198 valence electrons. The van der Waals surface area contributed by atoms with Gasteiger partial charge in [-0.25, -0.2) is 4.79 Å². The van der Waals surface area contributed by atoms with Gasteiger partial charge < -0.3 is 20.3 Å². The monoisotopic (exact) mass is 489 g/mol. The van der Waals surface area contributed by atoms with Crippen LogP contribution < -0.4 is 10.6 Å². The van der Waals surface area contributed by atoms with Gasteiger partial charge in [0.2, 0.25) is 11.8 Å². The van der Waals surface area contributed by atoms with Crippen LogP contribution in [0.15, 0.2) is 24.3 Å². The third kappa shape index (κ3) is 9.54. The fraction of sp³-hybridized carbons (Fsp3) is 0.679. The van der Waals surface area contributed by atoms with Crippen molar-refractivity contribution in [2.24, 2.45) is 5.92 Å². The highest BCUT2D eigenvalue weighted by molar-refractivity contribution is 5.92. The molecule has 4 atom stereocenters. The predicted octanol–water partition coefficient (Wildman–Crippen LogP) is 5.52. The van der Waals surface area contributed by atoms with Crippen LogP contribution >= 0.6 is 0 Å². The van der Waals surface area contributed by atoms with Crippen molar-refractivity contribution in [1.29, 1.82) is 0 Å². The van der Waals surface area contributed by atoms with E-state index in [2.05, 4.69) is 10.6 Å². The lowest BCUT2D eigenvalue weighted by Crippen LogP contribution is -2.58. The Hall–Kier alpha value is -2.57. The van der Waals surface area contributed by atoms with Crippen molar-refractivity contribution in [2.45, 2.75) is 118 Å². The van der Waals surface area contributed by atoms with E-state index in [1.54, 1.807) is 25.7 Å². The number of alkyl carbamates (subject to hydrolysis) is 1. The Kier molecular flexibility index (Phi) is 10.8. The number of nitrogens with zero attached hydrogens (tertiary/aromatic N) is 1. The molecular weight excluding hydrogens is 442 g/mol. The Morgan fingerprint density at radius 3 is 1.91 bits per heavy atom. The molecule has 4 unspecified atom stereocenters. The number of benzene rings is 1. The fourth-order valence-corrected chi connectivity index (χ4v) is 3.70. The number of hydrogen-bond acceptors (Lipinski definition) is 4. The maximum atomic E-state index is 14.2. The topological polar surface area (TPSA) is 87.7 Å². The van der Waals surface area contributed by atoms with E-state index in [1.807, 2.05) is 79.7 Å². The summed E-state index contributed by atoms with van der Waals surface area (Å²) in [5.41, 5.74) is 0.621. The van der Waals surface area contributed by atoms with Crippen LogP contribution in [0.25, 0.3) is 0 Å². The van der Waals surface area contributed by atoms with Gasteiger partial charge in [0.05, 0.1) is 0 Å². The Bertz CT molecular complexity index is 852. The van der Waals surface area contributed by atoms with Crippen LogP contribution in [-0.2, 0) is 14.3 Å². The van der Waals surface area contributed by atoms with Crippen LogP contribution in [0.1, 0.15) is 99.2 Å². The highest BCUT2D eigenvalue weighted by Gasteiger charge is 2.40. The molecule has 7 nitrogen and oxygen atoms in total. The van der Waals surface area contributed by atoms with Crippen LogP contribution in [0.4, 0.5) is 4.79 Å². The van der Waals surface area contributed by atoms with E-state index in [0.717, 1.165) is 11.1 Å². The first-order valence-corrected chi connectivity index (χ1v) is 12.7. The van der Waals surface area contributed by atoms with Crippen molar-refractivity contribution >= 4 is 17.9 Å². The van der Waals surface area contributed by atoms with Gasteiger partial charge in [-0.05, 0) is 73.3 Å². The number of ether oxygens (including phenoxy) is 1. The number of nitrogens with one attached hydrogen (secondary N) is 2. The van der Waals surface area contributed by atoms with E-state index >= 15 is 0 Å². The molecule has 1 aromatic rings. The lowest BCUT2D eigenvalue weighted by molar-refractivity contribution is -0.146. The molecular formula is C28H47N3O4. The molecule has 0 radical (unpaired) electrons. The number of amides is 3. The SMILES string of the molecule is CCC(C)C(NC(=O)OC(C)(C)C)C(=O)N(C(C)CC)C(C(=O)NC(C)(C)C)c1ccc(C)cc1. The van der Waals surface area contributed by atoms with Crippen LogP contribution in [0.5, 0.6) is 0 Å². The van der Waals surface area contributed by atoms with E-state index < -0.39 is 29.3 Å². The molecule has 1 rings (SSSR count). The third-order valence-electron chi connectivity index (χ3n) is 5.89. The molecule has 0 saturated carbocycles.